The molecule has 1 saturated heterocycles. The molecular formula is C26H27F3N4O3S. The average Bonchev–Trinajstić information content (AvgIpc) is 3.23. The molecule has 0 aromatic heterocycles. The van der Waals surface area contributed by atoms with E-state index in [1.807, 2.05) is 0 Å². The van der Waals surface area contributed by atoms with E-state index in [1.54, 1.807) is 35.2 Å². The van der Waals surface area contributed by atoms with Gasteiger partial charge in [0.05, 0.1) is 22.1 Å². The summed E-state index contributed by atoms with van der Waals surface area (Å²) in [5.41, 5.74) is 8.48. The molecule has 1 amide bonds. The van der Waals surface area contributed by atoms with Gasteiger partial charge in [0.2, 0.25) is 5.91 Å². The lowest BCUT2D eigenvalue weighted by Crippen LogP contribution is -2.48. The Hall–Kier alpha value is -3.30. The molecule has 0 N–H and O–H groups in total. The highest BCUT2D eigenvalue weighted by molar-refractivity contribution is 7.91. The first-order chi connectivity index (χ1) is 17.6. The van der Waals surface area contributed by atoms with Gasteiger partial charge in [-0.3, -0.25) is 4.79 Å². The minimum atomic E-state index is -4.45. The highest BCUT2D eigenvalue weighted by atomic mass is 32.2. The molecule has 1 heterocycles. The van der Waals surface area contributed by atoms with Crippen LogP contribution in [-0.4, -0.2) is 43.6 Å². The van der Waals surface area contributed by atoms with E-state index in [1.165, 1.54) is 24.3 Å². The standard InChI is InChI=1S/C26H27F3N4O3S/c27-26(28,29)21-6-4-5-18(15-21)9-10-19-13-14-33(25(19)34)24-12-11-22(31-32-30)16-20(24)17-37(35,36)23-7-2-1-3-8-23/h1-10,15,19-20,22,24H,11-14,16-17H2/t19-,20-,22+,24-/m0/s1. The summed E-state index contributed by atoms with van der Waals surface area (Å²) in [7, 11) is -3.63. The molecule has 1 saturated carbocycles. The molecule has 2 aliphatic rings. The van der Waals surface area contributed by atoms with Crippen LogP contribution in [0.15, 0.2) is 70.7 Å². The lowest BCUT2D eigenvalue weighted by atomic mass is 9.82. The fourth-order valence-electron chi connectivity index (χ4n) is 5.28. The van der Waals surface area contributed by atoms with Crippen LogP contribution in [0.1, 0.15) is 36.8 Å². The number of hydrogen-bond donors (Lipinski definition) is 0. The molecule has 0 spiro atoms. The lowest BCUT2D eigenvalue weighted by molar-refractivity contribution is -0.137. The first-order valence-electron chi connectivity index (χ1n) is 12.1. The van der Waals surface area contributed by atoms with Crippen LogP contribution in [0.25, 0.3) is 16.5 Å². The number of hydrogen-bond acceptors (Lipinski definition) is 4. The molecule has 196 valence electrons. The van der Waals surface area contributed by atoms with Crippen molar-refractivity contribution in [3.8, 4) is 0 Å². The molecular weight excluding hydrogens is 505 g/mol. The lowest BCUT2D eigenvalue weighted by Gasteiger charge is -2.40. The molecule has 37 heavy (non-hydrogen) atoms. The van der Waals surface area contributed by atoms with E-state index in [-0.39, 0.29) is 28.6 Å². The predicted molar refractivity (Wildman–Crippen MR) is 133 cm³/mol. The zero-order valence-electron chi connectivity index (χ0n) is 20.0. The van der Waals surface area contributed by atoms with Crippen molar-refractivity contribution in [3.05, 3.63) is 82.2 Å². The van der Waals surface area contributed by atoms with Gasteiger partial charge in [-0.2, -0.15) is 13.2 Å². The van der Waals surface area contributed by atoms with Crippen LogP contribution in [0.4, 0.5) is 13.2 Å². The summed E-state index contributed by atoms with van der Waals surface area (Å²) in [5.74, 6) is -1.26. The Labute approximate surface area is 213 Å². The van der Waals surface area contributed by atoms with E-state index in [0.717, 1.165) is 12.1 Å². The Bertz CT molecular complexity index is 1310. The largest absolute Gasteiger partial charge is 0.416 e. The van der Waals surface area contributed by atoms with Crippen molar-refractivity contribution in [1.82, 2.24) is 4.90 Å². The summed E-state index contributed by atoms with van der Waals surface area (Å²) in [6.07, 6.45) is 0.599. The zero-order valence-corrected chi connectivity index (χ0v) is 20.8. The summed E-state index contributed by atoms with van der Waals surface area (Å²) < 4.78 is 65.3. The van der Waals surface area contributed by atoms with Crippen LogP contribution in [-0.2, 0) is 20.8 Å². The van der Waals surface area contributed by atoms with Gasteiger partial charge < -0.3 is 4.90 Å². The third-order valence-corrected chi connectivity index (χ3v) is 8.94. The van der Waals surface area contributed by atoms with Gasteiger partial charge in [-0.05, 0) is 67.0 Å². The van der Waals surface area contributed by atoms with Gasteiger partial charge in [0.1, 0.15) is 0 Å². The van der Waals surface area contributed by atoms with Crippen molar-refractivity contribution in [3.63, 3.8) is 0 Å². The molecule has 0 unspecified atom stereocenters. The summed E-state index contributed by atoms with van der Waals surface area (Å²) in [6.45, 7) is 0.426. The van der Waals surface area contributed by atoms with Gasteiger partial charge in [-0.25, -0.2) is 8.42 Å². The second-order valence-electron chi connectivity index (χ2n) is 9.50. The van der Waals surface area contributed by atoms with E-state index in [0.29, 0.717) is 37.8 Å². The number of halogens is 3. The Balaban J connectivity index is 1.51. The van der Waals surface area contributed by atoms with Crippen LogP contribution < -0.4 is 0 Å². The molecule has 2 aromatic carbocycles. The maximum atomic E-state index is 13.3. The van der Waals surface area contributed by atoms with E-state index in [9.17, 15) is 26.4 Å². The Morgan fingerprint density at radius 1 is 1.08 bits per heavy atom. The molecule has 2 fully saturated rings. The van der Waals surface area contributed by atoms with E-state index < -0.39 is 33.4 Å². The number of sulfone groups is 1. The van der Waals surface area contributed by atoms with Gasteiger partial charge in [-0.1, -0.05) is 47.6 Å². The number of carbonyl (C=O) groups excluding carboxylic acids is 1. The van der Waals surface area contributed by atoms with Crippen molar-refractivity contribution in [1.29, 1.82) is 0 Å². The van der Waals surface area contributed by atoms with Crippen LogP contribution in [0, 0.1) is 11.8 Å². The van der Waals surface area contributed by atoms with Crippen molar-refractivity contribution in [2.45, 2.75) is 48.8 Å². The number of azide groups is 1. The van der Waals surface area contributed by atoms with Crippen molar-refractivity contribution < 1.29 is 26.4 Å². The third kappa shape index (κ3) is 6.34. The van der Waals surface area contributed by atoms with E-state index in [4.69, 9.17) is 5.53 Å². The fraction of sp³-hybridized carbons (Fsp3) is 0.423. The summed E-state index contributed by atoms with van der Waals surface area (Å²) in [5, 5.41) is 3.81. The molecule has 0 radical (unpaired) electrons. The smallest absolute Gasteiger partial charge is 0.339 e. The maximum Gasteiger partial charge on any atom is 0.416 e. The van der Waals surface area contributed by atoms with Crippen LogP contribution >= 0.6 is 0 Å². The average molecular weight is 533 g/mol. The normalized spacial score (nSPS) is 24.8. The van der Waals surface area contributed by atoms with Crippen molar-refractivity contribution >= 4 is 21.8 Å². The molecule has 1 aliphatic heterocycles. The topological polar surface area (TPSA) is 103 Å². The number of nitrogens with zero attached hydrogens (tertiary/aromatic N) is 4. The van der Waals surface area contributed by atoms with Gasteiger partial charge in [0.25, 0.3) is 0 Å². The fourth-order valence-corrected chi connectivity index (χ4v) is 6.96. The van der Waals surface area contributed by atoms with E-state index in [2.05, 4.69) is 10.0 Å². The van der Waals surface area contributed by atoms with Gasteiger partial charge >= 0.3 is 6.18 Å². The summed E-state index contributed by atoms with van der Waals surface area (Å²) >= 11 is 0. The molecule has 11 heteroatoms. The van der Waals surface area contributed by atoms with Crippen molar-refractivity contribution in [2.75, 3.05) is 12.3 Å². The Kier molecular flexibility index (Phi) is 7.94. The Morgan fingerprint density at radius 2 is 1.84 bits per heavy atom. The second-order valence-corrected chi connectivity index (χ2v) is 11.5. The third-order valence-electron chi connectivity index (χ3n) is 7.08. The zero-order chi connectivity index (χ0) is 26.6. The van der Waals surface area contributed by atoms with Gasteiger partial charge in [-0.15, -0.1) is 0 Å². The predicted octanol–water partition coefficient (Wildman–Crippen LogP) is 5.89. The number of likely N-dealkylation sites (tertiary alicyclic amines) is 1. The van der Waals surface area contributed by atoms with Crippen LogP contribution in [0.2, 0.25) is 0 Å². The number of rotatable bonds is 7. The van der Waals surface area contributed by atoms with E-state index >= 15 is 0 Å². The number of alkyl halides is 3. The molecule has 2 aromatic rings. The monoisotopic (exact) mass is 532 g/mol. The molecule has 4 rings (SSSR count). The molecule has 4 atom stereocenters. The number of benzene rings is 2. The van der Waals surface area contributed by atoms with Gasteiger partial charge in [0, 0.05) is 23.5 Å². The quantitative estimate of drug-likeness (QED) is 0.252. The van der Waals surface area contributed by atoms with Crippen LogP contribution in [0.3, 0.4) is 0 Å². The highest BCUT2D eigenvalue weighted by Crippen LogP contribution is 2.36. The number of carbonyl (C=O) groups is 1. The van der Waals surface area contributed by atoms with Crippen LogP contribution in [0.5, 0.6) is 0 Å². The highest BCUT2D eigenvalue weighted by Gasteiger charge is 2.42. The molecule has 0 bridgehead atoms. The van der Waals surface area contributed by atoms with Gasteiger partial charge in [0.15, 0.2) is 9.84 Å². The number of amides is 1. The minimum absolute atomic E-state index is 0.169. The first-order valence-corrected chi connectivity index (χ1v) is 13.7. The molecule has 7 nitrogen and oxygen atoms in total. The maximum absolute atomic E-state index is 13.3. The molecule has 1 aliphatic carbocycles. The summed E-state index contributed by atoms with van der Waals surface area (Å²) in [4.78, 5) is 18.1. The van der Waals surface area contributed by atoms with Crippen molar-refractivity contribution in [2.24, 2.45) is 17.0 Å². The first kappa shape index (κ1) is 26.8. The SMILES string of the molecule is [N-]=[N+]=N[C@@H]1CC[C@H](N2CC[C@H](C=Cc3cccc(C(F)(F)F)c3)C2=O)[C@H](CS(=O)(=O)c2ccccc2)C1. The Morgan fingerprint density at radius 3 is 2.54 bits per heavy atom. The minimum Gasteiger partial charge on any atom is -0.339 e. The second kappa shape index (κ2) is 11.0. The summed E-state index contributed by atoms with van der Waals surface area (Å²) in [6, 6.07) is 12.3.